The van der Waals surface area contributed by atoms with E-state index >= 15 is 0 Å². The molecule has 0 bridgehead atoms. The molecule has 3 heterocycles. The van der Waals surface area contributed by atoms with Gasteiger partial charge in [0.1, 0.15) is 17.9 Å². The Morgan fingerprint density at radius 1 is 1.12 bits per heavy atom. The zero-order chi connectivity index (χ0) is 29.9. The SMILES string of the molecule is CC(C)CC(NC(=O)c1cc2ccccc2s1)C(=O)NC1CCN(S(=O)(=O)c2ccc(OC3CCNC3)c(Br)c2)CC1. The molecule has 3 aromatic rings. The molecule has 2 saturated heterocycles. The molecule has 226 valence electrons. The summed E-state index contributed by atoms with van der Waals surface area (Å²) in [5, 5.41) is 10.3. The summed E-state index contributed by atoms with van der Waals surface area (Å²) in [5.41, 5.74) is 0. The number of sulfonamides is 1. The molecule has 2 amide bonds. The summed E-state index contributed by atoms with van der Waals surface area (Å²) < 4.78 is 35.9. The summed E-state index contributed by atoms with van der Waals surface area (Å²) >= 11 is 4.88. The molecule has 1 aromatic heterocycles. The van der Waals surface area contributed by atoms with Crippen molar-refractivity contribution in [2.45, 2.75) is 62.6 Å². The molecule has 9 nitrogen and oxygen atoms in total. The van der Waals surface area contributed by atoms with Gasteiger partial charge in [-0.2, -0.15) is 4.31 Å². The standard InChI is InChI=1S/C30H37BrN4O5S2/c1-19(2)15-25(34-30(37)28-16-20-5-3-4-6-27(20)41-28)29(36)33-21-10-13-35(14-11-21)42(38,39)23-7-8-26(24(31)17-23)40-22-9-12-32-18-22/h3-8,16-17,19,21-22,25,32H,9-15,18H2,1-2H3,(H,33,36)(H,34,37). The lowest BCUT2D eigenvalue weighted by Gasteiger charge is -2.32. The van der Waals surface area contributed by atoms with Crippen LogP contribution in [0.5, 0.6) is 5.75 Å². The fraction of sp³-hybridized carbons (Fsp3) is 0.467. The number of nitrogens with zero attached hydrogens (tertiary/aromatic N) is 1. The van der Waals surface area contributed by atoms with E-state index in [1.165, 1.54) is 15.6 Å². The highest BCUT2D eigenvalue weighted by Gasteiger charge is 2.32. The number of thiophene rings is 1. The zero-order valence-corrected chi connectivity index (χ0v) is 27.0. The van der Waals surface area contributed by atoms with E-state index in [1.807, 2.05) is 44.2 Å². The number of halogens is 1. The zero-order valence-electron chi connectivity index (χ0n) is 23.8. The molecule has 0 saturated carbocycles. The van der Waals surface area contributed by atoms with Gasteiger partial charge in [0.25, 0.3) is 5.91 Å². The first-order chi connectivity index (χ1) is 20.1. The van der Waals surface area contributed by atoms with Crippen LogP contribution in [0.25, 0.3) is 10.1 Å². The third kappa shape index (κ3) is 7.34. The van der Waals surface area contributed by atoms with Crippen LogP contribution in [0.1, 0.15) is 49.2 Å². The van der Waals surface area contributed by atoms with Gasteiger partial charge in [-0.1, -0.05) is 32.0 Å². The van der Waals surface area contributed by atoms with Gasteiger partial charge in [0.15, 0.2) is 0 Å². The Morgan fingerprint density at radius 2 is 1.88 bits per heavy atom. The van der Waals surface area contributed by atoms with Crippen molar-refractivity contribution in [3.63, 3.8) is 0 Å². The van der Waals surface area contributed by atoms with Gasteiger partial charge in [-0.05, 0) is 89.8 Å². The summed E-state index contributed by atoms with van der Waals surface area (Å²) in [7, 11) is -3.70. The quantitative estimate of drug-likeness (QED) is 0.291. The Labute approximate surface area is 259 Å². The van der Waals surface area contributed by atoms with Crippen LogP contribution in [0.3, 0.4) is 0 Å². The first-order valence-corrected chi connectivity index (χ1v) is 17.4. The molecule has 2 aromatic carbocycles. The second-order valence-corrected chi connectivity index (χ2v) is 15.2. The van der Waals surface area contributed by atoms with Gasteiger partial charge in [-0.15, -0.1) is 11.3 Å². The molecular formula is C30H37BrN4O5S2. The number of piperidine rings is 1. The fourth-order valence-electron chi connectivity index (χ4n) is 5.36. The molecular weight excluding hydrogens is 640 g/mol. The smallest absolute Gasteiger partial charge is 0.262 e. The molecule has 42 heavy (non-hydrogen) atoms. The lowest BCUT2D eigenvalue weighted by atomic mass is 10.0. The molecule has 0 aliphatic carbocycles. The molecule has 2 unspecified atom stereocenters. The van der Waals surface area contributed by atoms with Gasteiger partial charge in [-0.25, -0.2) is 8.42 Å². The van der Waals surface area contributed by atoms with E-state index in [0.717, 1.165) is 29.6 Å². The van der Waals surface area contributed by atoms with Gasteiger partial charge in [0, 0.05) is 30.4 Å². The maximum absolute atomic E-state index is 13.4. The second-order valence-electron chi connectivity index (χ2n) is 11.3. The van der Waals surface area contributed by atoms with E-state index in [-0.39, 0.29) is 34.8 Å². The summed E-state index contributed by atoms with van der Waals surface area (Å²) in [6.45, 7) is 6.29. The number of carbonyl (C=O) groups excluding carboxylic acids is 2. The fourth-order valence-corrected chi connectivity index (χ4v) is 8.45. The normalized spacial score (nSPS) is 19.2. The molecule has 2 fully saturated rings. The van der Waals surface area contributed by atoms with Gasteiger partial charge in [0.2, 0.25) is 15.9 Å². The molecule has 5 rings (SSSR count). The van der Waals surface area contributed by atoms with E-state index in [4.69, 9.17) is 4.74 Å². The molecule has 12 heteroatoms. The minimum atomic E-state index is -3.70. The highest BCUT2D eigenvalue weighted by atomic mass is 79.9. The number of benzene rings is 2. The predicted octanol–water partition coefficient (Wildman–Crippen LogP) is 4.52. The number of nitrogens with one attached hydrogen (secondary N) is 3. The van der Waals surface area contributed by atoms with Crippen LogP contribution in [0.4, 0.5) is 0 Å². The Balaban J connectivity index is 1.17. The summed E-state index contributed by atoms with van der Waals surface area (Å²) in [6, 6.07) is 13.7. The highest BCUT2D eigenvalue weighted by molar-refractivity contribution is 9.10. The van der Waals surface area contributed by atoms with Crippen molar-refractivity contribution in [1.29, 1.82) is 0 Å². The average molecular weight is 678 g/mol. The van der Waals surface area contributed by atoms with Crippen molar-refractivity contribution >= 4 is 59.2 Å². The first kappa shape index (κ1) is 30.9. The van der Waals surface area contributed by atoms with Crippen molar-refractivity contribution in [2.24, 2.45) is 5.92 Å². The van der Waals surface area contributed by atoms with Crippen molar-refractivity contribution < 1.29 is 22.7 Å². The van der Waals surface area contributed by atoms with Gasteiger partial charge < -0.3 is 20.7 Å². The first-order valence-electron chi connectivity index (χ1n) is 14.4. The molecule has 2 aliphatic rings. The number of ether oxygens (including phenoxy) is 1. The molecule has 2 aliphatic heterocycles. The van der Waals surface area contributed by atoms with Crippen molar-refractivity contribution in [3.05, 3.63) is 57.9 Å². The van der Waals surface area contributed by atoms with E-state index < -0.39 is 16.1 Å². The van der Waals surface area contributed by atoms with Crippen LogP contribution in [0.15, 0.2) is 57.9 Å². The van der Waals surface area contributed by atoms with Crippen LogP contribution in [-0.4, -0.2) is 68.9 Å². The predicted molar refractivity (Wildman–Crippen MR) is 169 cm³/mol. The minimum Gasteiger partial charge on any atom is -0.488 e. The number of fused-ring (bicyclic) bond motifs is 1. The second kappa shape index (κ2) is 13.4. The van der Waals surface area contributed by atoms with Gasteiger partial charge >= 0.3 is 0 Å². The molecule has 3 N–H and O–H groups in total. The highest BCUT2D eigenvalue weighted by Crippen LogP contribution is 2.31. The van der Waals surface area contributed by atoms with Crippen molar-refractivity contribution in [2.75, 3.05) is 26.2 Å². The summed E-state index contributed by atoms with van der Waals surface area (Å²) in [4.78, 5) is 27.1. The number of hydrogen-bond donors (Lipinski definition) is 3. The minimum absolute atomic E-state index is 0.0716. The number of rotatable bonds is 10. The van der Waals surface area contributed by atoms with Crippen LogP contribution in [0, 0.1) is 5.92 Å². The Kier molecular flexibility index (Phi) is 9.88. The number of carbonyl (C=O) groups is 2. The van der Waals surface area contributed by atoms with Gasteiger partial charge in [0.05, 0.1) is 14.2 Å². The van der Waals surface area contributed by atoms with Crippen molar-refractivity contribution in [1.82, 2.24) is 20.3 Å². The maximum atomic E-state index is 13.4. The number of hydrogen-bond acceptors (Lipinski definition) is 7. The number of amides is 2. The lowest BCUT2D eigenvalue weighted by Crippen LogP contribution is -2.53. The van der Waals surface area contributed by atoms with E-state index in [0.29, 0.717) is 47.5 Å². The van der Waals surface area contributed by atoms with Gasteiger partial charge in [-0.3, -0.25) is 9.59 Å². The largest absolute Gasteiger partial charge is 0.488 e. The maximum Gasteiger partial charge on any atom is 0.262 e. The molecule has 0 radical (unpaired) electrons. The topological polar surface area (TPSA) is 117 Å². The summed E-state index contributed by atoms with van der Waals surface area (Å²) in [6.07, 6.45) is 2.46. The molecule has 0 spiro atoms. The van der Waals surface area contributed by atoms with Crippen LogP contribution >= 0.6 is 27.3 Å². The van der Waals surface area contributed by atoms with Crippen LogP contribution < -0.4 is 20.7 Å². The van der Waals surface area contributed by atoms with E-state index in [9.17, 15) is 18.0 Å². The van der Waals surface area contributed by atoms with E-state index in [2.05, 4.69) is 31.9 Å². The monoisotopic (exact) mass is 676 g/mol. The van der Waals surface area contributed by atoms with Crippen molar-refractivity contribution in [3.8, 4) is 5.75 Å². The molecule has 2 atom stereocenters. The van der Waals surface area contributed by atoms with Crippen LogP contribution in [0.2, 0.25) is 0 Å². The van der Waals surface area contributed by atoms with Crippen LogP contribution in [-0.2, 0) is 14.8 Å². The average Bonchev–Trinajstić information content (AvgIpc) is 3.64. The third-order valence-electron chi connectivity index (χ3n) is 7.63. The Hall–Kier alpha value is -2.51. The Bertz CT molecular complexity index is 1500. The van der Waals surface area contributed by atoms with E-state index in [1.54, 1.807) is 18.2 Å². The summed E-state index contributed by atoms with van der Waals surface area (Å²) in [5.74, 6) is 0.317. The Morgan fingerprint density at radius 3 is 2.55 bits per heavy atom. The lowest BCUT2D eigenvalue weighted by molar-refractivity contribution is -0.124. The third-order valence-corrected chi connectivity index (χ3v) is 11.3.